The molecule has 0 atom stereocenters. The Hall–Kier alpha value is -1.33. The van der Waals surface area contributed by atoms with Gasteiger partial charge in [-0.25, -0.2) is 0 Å². The van der Waals surface area contributed by atoms with E-state index in [4.69, 9.17) is 4.42 Å². The minimum absolute atomic E-state index is 0.0859. The molecule has 1 N–H and O–H groups in total. The average Bonchev–Trinajstić information content (AvgIpc) is 2.85. The van der Waals surface area contributed by atoms with Crippen LogP contribution in [0, 0.1) is 0 Å². The molecular formula is C13H20N2O3. The number of hydrogen-bond acceptors (Lipinski definition) is 4. The van der Waals surface area contributed by atoms with Gasteiger partial charge in [-0.05, 0) is 25.0 Å². The molecule has 5 nitrogen and oxygen atoms in total. The Labute approximate surface area is 107 Å². The predicted molar refractivity (Wildman–Crippen MR) is 66.9 cm³/mol. The molecule has 0 bridgehead atoms. The van der Waals surface area contributed by atoms with Gasteiger partial charge in [0.25, 0.3) is 0 Å². The molecule has 1 amide bonds. The fraction of sp³-hybridized carbons (Fsp3) is 0.615. The molecule has 2 rings (SSSR count). The van der Waals surface area contributed by atoms with Gasteiger partial charge in [-0.1, -0.05) is 0 Å². The summed E-state index contributed by atoms with van der Waals surface area (Å²) in [6, 6.07) is 3.68. The Balaban J connectivity index is 1.77. The van der Waals surface area contributed by atoms with E-state index >= 15 is 0 Å². The van der Waals surface area contributed by atoms with Crippen molar-refractivity contribution >= 4 is 5.91 Å². The van der Waals surface area contributed by atoms with Crippen molar-refractivity contribution in [1.29, 1.82) is 0 Å². The van der Waals surface area contributed by atoms with Crippen molar-refractivity contribution < 1.29 is 14.3 Å². The lowest BCUT2D eigenvalue weighted by molar-refractivity contribution is -0.132. The van der Waals surface area contributed by atoms with Gasteiger partial charge in [0.1, 0.15) is 5.76 Å². The molecule has 1 aromatic rings. The first-order chi connectivity index (χ1) is 8.65. The molecule has 1 aromatic heterocycles. The summed E-state index contributed by atoms with van der Waals surface area (Å²) in [7, 11) is 1.78. The SMILES string of the molecule is CN(Cc1ccco1)C(=O)CN1CCC(O)CC1. The number of furan rings is 1. The molecule has 1 aliphatic heterocycles. The van der Waals surface area contributed by atoms with Gasteiger partial charge in [-0.2, -0.15) is 0 Å². The number of piperidine rings is 1. The number of hydrogen-bond donors (Lipinski definition) is 1. The van der Waals surface area contributed by atoms with Gasteiger partial charge < -0.3 is 14.4 Å². The minimum Gasteiger partial charge on any atom is -0.467 e. The van der Waals surface area contributed by atoms with Gasteiger partial charge in [0.05, 0.1) is 25.5 Å². The maximum Gasteiger partial charge on any atom is 0.236 e. The summed E-state index contributed by atoms with van der Waals surface area (Å²) < 4.78 is 5.22. The van der Waals surface area contributed by atoms with E-state index < -0.39 is 0 Å². The highest BCUT2D eigenvalue weighted by molar-refractivity contribution is 5.77. The molecule has 0 unspecified atom stereocenters. The standard InChI is InChI=1S/C13H20N2O3/c1-14(9-12-3-2-8-18-12)13(17)10-15-6-4-11(16)5-7-15/h2-3,8,11,16H,4-7,9-10H2,1H3. The number of amides is 1. The topological polar surface area (TPSA) is 56.9 Å². The highest BCUT2D eigenvalue weighted by Gasteiger charge is 2.20. The molecule has 5 heteroatoms. The second kappa shape index (κ2) is 6.02. The lowest BCUT2D eigenvalue weighted by Crippen LogP contribution is -2.42. The van der Waals surface area contributed by atoms with Crippen LogP contribution in [0.25, 0.3) is 0 Å². The lowest BCUT2D eigenvalue weighted by atomic mass is 10.1. The van der Waals surface area contributed by atoms with Gasteiger partial charge in [-0.15, -0.1) is 0 Å². The normalized spacial score (nSPS) is 17.9. The number of likely N-dealkylation sites (N-methyl/N-ethyl adjacent to an activating group) is 1. The van der Waals surface area contributed by atoms with E-state index in [1.54, 1.807) is 18.2 Å². The molecule has 2 heterocycles. The van der Waals surface area contributed by atoms with Crippen LogP contribution in [-0.2, 0) is 11.3 Å². The summed E-state index contributed by atoms with van der Waals surface area (Å²) in [5.74, 6) is 0.878. The molecule has 0 aromatic carbocycles. The molecular weight excluding hydrogens is 232 g/mol. The number of carbonyl (C=O) groups is 1. The Morgan fingerprint density at radius 3 is 2.89 bits per heavy atom. The number of carbonyl (C=O) groups excluding carboxylic acids is 1. The van der Waals surface area contributed by atoms with E-state index in [1.807, 2.05) is 12.1 Å². The van der Waals surface area contributed by atoms with Crippen LogP contribution in [0.3, 0.4) is 0 Å². The first-order valence-corrected chi connectivity index (χ1v) is 6.32. The number of likely N-dealkylation sites (tertiary alicyclic amines) is 1. The van der Waals surface area contributed by atoms with Crippen molar-refractivity contribution in [3.63, 3.8) is 0 Å². The second-order valence-corrected chi connectivity index (χ2v) is 4.84. The summed E-state index contributed by atoms with van der Waals surface area (Å²) in [6.45, 7) is 2.51. The zero-order chi connectivity index (χ0) is 13.0. The first-order valence-electron chi connectivity index (χ1n) is 6.32. The fourth-order valence-corrected chi connectivity index (χ4v) is 2.11. The molecule has 0 saturated carbocycles. The van der Waals surface area contributed by atoms with Crippen LogP contribution in [0.4, 0.5) is 0 Å². The number of nitrogens with zero attached hydrogens (tertiary/aromatic N) is 2. The van der Waals surface area contributed by atoms with Crippen molar-refractivity contribution in [2.75, 3.05) is 26.7 Å². The van der Waals surface area contributed by atoms with Crippen molar-refractivity contribution in [2.24, 2.45) is 0 Å². The zero-order valence-corrected chi connectivity index (χ0v) is 10.7. The highest BCUT2D eigenvalue weighted by Crippen LogP contribution is 2.10. The lowest BCUT2D eigenvalue weighted by Gasteiger charge is -2.30. The molecule has 1 saturated heterocycles. The third-order valence-electron chi connectivity index (χ3n) is 3.31. The Bertz CT molecular complexity index is 370. The van der Waals surface area contributed by atoms with Gasteiger partial charge in [0.15, 0.2) is 0 Å². The Morgan fingerprint density at radius 2 is 2.28 bits per heavy atom. The average molecular weight is 252 g/mol. The van der Waals surface area contributed by atoms with Gasteiger partial charge in [0.2, 0.25) is 5.91 Å². The Morgan fingerprint density at radius 1 is 1.56 bits per heavy atom. The largest absolute Gasteiger partial charge is 0.467 e. The smallest absolute Gasteiger partial charge is 0.236 e. The van der Waals surface area contributed by atoms with Crippen molar-refractivity contribution in [3.05, 3.63) is 24.2 Å². The van der Waals surface area contributed by atoms with Gasteiger partial charge in [0, 0.05) is 20.1 Å². The highest BCUT2D eigenvalue weighted by atomic mass is 16.3. The van der Waals surface area contributed by atoms with E-state index in [2.05, 4.69) is 4.90 Å². The fourth-order valence-electron chi connectivity index (χ4n) is 2.11. The van der Waals surface area contributed by atoms with E-state index in [0.29, 0.717) is 13.1 Å². The number of aliphatic hydroxyl groups excluding tert-OH is 1. The van der Waals surface area contributed by atoms with E-state index in [-0.39, 0.29) is 12.0 Å². The molecule has 0 aliphatic carbocycles. The van der Waals surface area contributed by atoms with Crippen molar-refractivity contribution in [2.45, 2.75) is 25.5 Å². The summed E-state index contributed by atoms with van der Waals surface area (Å²) >= 11 is 0. The Kier molecular flexibility index (Phi) is 4.38. The summed E-state index contributed by atoms with van der Waals surface area (Å²) in [4.78, 5) is 15.8. The zero-order valence-electron chi connectivity index (χ0n) is 10.7. The molecule has 100 valence electrons. The first kappa shape index (κ1) is 13.1. The van der Waals surface area contributed by atoms with Crippen LogP contribution in [0.5, 0.6) is 0 Å². The quantitative estimate of drug-likeness (QED) is 0.857. The molecule has 1 aliphatic rings. The molecule has 0 spiro atoms. The number of aliphatic hydroxyl groups is 1. The maximum atomic E-state index is 12.0. The van der Waals surface area contributed by atoms with Crippen molar-refractivity contribution in [3.8, 4) is 0 Å². The predicted octanol–water partition coefficient (Wildman–Crippen LogP) is 0.695. The monoisotopic (exact) mass is 252 g/mol. The summed E-state index contributed by atoms with van der Waals surface area (Å²) in [6.07, 6.45) is 2.93. The van der Waals surface area contributed by atoms with Crippen LogP contribution >= 0.6 is 0 Å². The van der Waals surface area contributed by atoms with E-state index in [1.165, 1.54) is 0 Å². The second-order valence-electron chi connectivity index (χ2n) is 4.84. The van der Waals surface area contributed by atoms with Crippen LogP contribution in [0.2, 0.25) is 0 Å². The van der Waals surface area contributed by atoms with E-state index in [9.17, 15) is 9.90 Å². The minimum atomic E-state index is -0.197. The third-order valence-corrected chi connectivity index (χ3v) is 3.31. The van der Waals surface area contributed by atoms with Crippen LogP contribution in [0.1, 0.15) is 18.6 Å². The third kappa shape index (κ3) is 3.58. The van der Waals surface area contributed by atoms with Gasteiger partial charge >= 0.3 is 0 Å². The van der Waals surface area contributed by atoms with E-state index in [0.717, 1.165) is 31.7 Å². The maximum absolute atomic E-state index is 12.0. The van der Waals surface area contributed by atoms with Crippen LogP contribution in [0.15, 0.2) is 22.8 Å². The van der Waals surface area contributed by atoms with Crippen LogP contribution in [-0.4, -0.2) is 53.6 Å². The molecule has 18 heavy (non-hydrogen) atoms. The van der Waals surface area contributed by atoms with Crippen LogP contribution < -0.4 is 0 Å². The van der Waals surface area contributed by atoms with Crippen molar-refractivity contribution in [1.82, 2.24) is 9.80 Å². The molecule has 0 radical (unpaired) electrons. The summed E-state index contributed by atoms with van der Waals surface area (Å²) in [5.41, 5.74) is 0. The van der Waals surface area contributed by atoms with Gasteiger partial charge in [-0.3, -0.25) is 9.69 Å². The number of rotatable bonds is 4. The summed E-state index contributed by atoms with van der Waals surface area (Å²) in [5, 5.41) is 9.41. The molecule has 1 fully saturated rings.